The van der Waals surface area contributed by atoms with Gasteiger partial charge in [-0.1, -0.05) is 48.6 Å². The Morgan fingerprint density at radius 2 is 1.89 bits per heavy atom. The van der Waals surface area contributed by atoms with Gasteiger partial charge in [0.15, 0.2) is 0 Å². The summed E-state index contributed by atoms with van der Waals surface area (Å²) in [5.74, 6) is -0.130. The minimum atomic E-state index is -0.130. The highest BCUT2D eigenvalue weighted by molar-refractivity contribution is 7.80. The van der Waals surface area contributed by atoms with Crippen molar-refractivity contribution in [1.29, 1.82) is 0 Å². The van der Waals surface area contributed by atoms with E-state index in [1.165, 1.54) is 0 Å². The van der Waals surface area contributed by atoms with Crippen LogP contribution in [0.3, 0.4) is 0 Å². The molecule has 4 heteroatoms. The molecule has 0 saturated carbocycles. The molecule has 2 aromatic rings. The number of pyridine rings is 1. The van der Waals surface area contributed by atoms with Crippen LogP contribution in [0, 0.1) is 6.92 Å². The number of nitrogens with zero attached hydrogens (tertiary/aromatic N) is 1. The normalized spacial score (nSPS) is 12.1. The summed E-state index contributed by atoms with van der Waals surface area (Å²) in [6.45, 7) is 2.38. The molecule has 2 rings (SSSR count). The van der Waals surface area contributed by atoms with Crippen LogP contribution >= 0.6 is 12.2 Å². The van der Waals surface area contributed by atoms with Crippen LogP contribution in [0.4, 0.5) is 0 Å². The number of aromatic nitrogens is 1. The van der Waals surface area contributed by atoms with Crippen LogP contribution in [-0.2, 0) is 6.54 Å². The maximum atomic E-state index is 11.9. The Bertz CT molecular complexity index is 634. The topological polar surface area (TPSA) is 48.0 Å². The Labute approximate surface area is 117 Å². The van der Waals surface area contributed by atoms with E-state index in [1.807, 2.05) is 43.3 Å². The third kappa shape index (κ3) is 3.09. The fourth-order valence-electron chi connectivity index (χ4n) is 2.08. The van der Waals surface area contributed by atoms with Crippen molar-refractivity contribution in [1.82, 2.24) is 4.57 Å². The van der Waals surface area contributed by atoms with Gasteiger partial charge in [-0.3, -0.25) is 4.79 Å². The Morgan fingerprint density at radius 3 is 2.47 bits per heavy atom. The second-order valence-electron chi connectivity index (χ2n) is 4.48. The van der Waals surface area contributed by atoms with Crippen LogP contribution in [0.25, 0.3) is 0 Å². The molecule has 0 radical (unpaired) electrons. The van der Waals surface area contributed by atoms with Gasteiger partial charge in [-0.2, -0.15) is 0 Å². The van der Waals surface area contributed by atoms with Gasteiger partial charge < -0.3 is 10.3 Å². The fourth-order valence-corrected chi connectivity index (χ4v) is 2.30. The van der Waals surface area contributed by atoms with Gasteiger partial charge in [0.1, 0.15) is 0 Å². The molecule has 0 amide bonds. The molecule has 0 saturated heterocycles. The van der Waals surface area contributed by atoms with E-state index in [2.05, 4.69) is 0 Å². The zero-order valence-corrected chi connectivity index (χ0v) is 11.6. The summed E-state index contributed by atoms with van der Waals surface area (Å²) in [6.07, 6.45) is 0. The number of hydrogen-bond acceptors (Lipinski definition) is 2. The predicted molar refractivity (Wildman–Crippen MR) is 81.4 cm³/mol. The highest BCUT2D eigenvalue weighted by Crippen LogP contribution is 2.18. The lowest BCUT2D eigenvalue weighted by atomic mass is 9.99. The van der Waals surface area contributed by atoms with Gasteiger partial charge in [-0.05, 0) is 18.6 Å². The maximum absolute atomic E-state index is 11.9. The van der Waals surface area contributed by atoms with Crippen molar-refractivity contribution in [2.75, 3.05) is 0 Å². The number of rotatable bonds is 4. The Kier molecular flexibility index (Phi) is 4.12. The average Bonchev–Trinajstić information content (AvgIpc) is 2.39. The molecule has 1 aromatic heterocycles. The third-order valence-electron chi connectivity index (χ3n) is 3.18. The van der Waals surface area contributed by atoms with E-state index in [0.29, 0.717) is 11.5 Å². The first-order valence-electron chi connectivity index (χ1n) is 6.10. The molecule has 1 aromatic carbocycles. The van der Waals surface area contributed by atoms with Gasteiger partial charge in [0.25, 0.3) is 5.56 Å². The zero-order valence-electron chi connectivity index (χ0n) is 10.7. The summed E-state index contributed by atoms with van der Waals surface area (Å²) in [6, 6.07) is 15.0. The molecule has 3 nitrogen and oxygen atoms in total. The molecule has 1 atom stereocenters. The molecule has 0 bridgehead atoms. The SMILES string of the molecule is Cc1cccc(=O)n1CC(C(N)=S)c1ccccc1. The first-order valence-corrected chi connectivity index (χ1v) is 6.51. The van der Waals surface area contributed by atoms with Gasteiger partial charge >= 0.3 is 0 Å². The lowest BCUT2D eigenvalue weighted by Gasteiger charge is -2.19. The van der Waals surface area contributed by atoms with Crippen LogP contribution in [-0.4, -0.2) is 9.56 Å². The fraction of sp³-hybridized carbons (Fsp3) is 0.200. The highest BCUT2D eigenvalue weighted by Gasteiger charge is 2.16. The monoisotopic (exact) mass is 272 g/mol. The summed E-state index contributed by atoms with van der Waals surface area (Å²) in [5.41, 5.74) is 7.74. The first kappa shape index (κ1) is 13.5. The largest absolute Gasteiger partial charge is 0.393 e. The number of hydrogen-bond donors (Lipinski definition) is 1. The number of benzene rings is 1. The van der Waals surface area contributed by atoms with Crippen LogP contribution < -0.4 is 11.3 Å². The second kappa shape index (κ2) is 5.80. The lowest BCUT2D eigenvalue weighted by molar-refractivity contribution is 0.621. The van der Waals surface area contributed by atoms with Crippen LogP contribution in [0.2, 0.25) is 0 Å². The van der Waals surface area contributed by atoms with Crippen molar-refractivity contribution in [3.05, 3.63) is 70.1 Å². The number of aryl methyl sites for hydroxylation is 1. The van der Waals surface area contributed by atoms with Gasteiger partial charge in [0, 0.05) is 18.3 Å². The lowest BCUT2D eigenvalue weighted by Crippen LogP contribution is -2.30. The maximum Gasteiger partial charge on any atom is 0.250 e. The second-order valence-corrected chi connectivity index (χ2v) is 4.95. The van der Waals surface area contributed by atoms with Crippen molar-refractivity contribution < 1.29 is 0 Å². The summed E-state index contributed by atoms with van der Waals surface area (Å²) in [4.78, 5) is 12.3. The first-order chi connectivity index (χ1) is 9.09. The van der Waals surface area contributed by atoms with E-state index in [1.54, 1.807) is 16.7 Å². The molecular formula is C15H16N2OS. The molecule has 1 heterocycles. The molecule has 0 aliphatic carbocycles. The van der Waals surface area contributed by atoms with E-state index in [0.717, 1.165) is 11.3 Å². The minimum absolute atomic E-state index is 0.0304. The average molecular weight is 272 g/mol. The van der Waals surface area contributed by atoms with Crippen molar-refractivity contribution in [2.45, 2.75) is 19.4 Å². The Morgan fingerprint density at radius 1 is 1.21 bits per heavy atom. The predicted octanol–water partition coefficient (Wildman–Crippen LogP) is 2.23. The van der Waals surface area contributed by atoms with E-state index in [-0.39, 0.29) is 11.5 Å². The summed E-state index contributed by atoms with van der Waals surface area (Å²) in [7, 11) is 0. The molecule has 0 aliphatic rings. The smallest absolute Gasteiger partial charge is 0.250 e. The Balaban J connectivity index is 2.38. The summed E-state index contributed by atoms with van der Waals surface area (Å²) < 4.78 is 1.71. The zero-order chi connectivity index (χ0) is 13.8. The van der Waals surface area contributed by atoms with Gasteiger partial charge in [0.2, 0.25) is 0 Å². The molecule has 98 valence electrons. The van der Waals surface area contributed by atoms with Crippen molar-refractivity contribution >= 4 is 17.2 Å². The molecule has 2 N–H and O–H groups in total. The summed E-state index contributed by atoms with van der Waals surface area (Å²) >= 11 is 5.15. The minimum Gasteiger partial charge on any atom is -0.393 e. The standard InChI is InChI=1S/C15H16N2OS/c1-11-6-5-9-14(18)17(11)10-13(15(16)19)12-7-3-2-4-8-12/h2-9,13H,10H2,1H3,(H2,16,19). The van der Waals surface area contributed by atoms with Gasteiger partial charge in [-0.25, -0.2) is 0 Å². The van der Waals surface area contributed by atoms with E-state index < -0.39 is 0 Å². The van der Waals surface area contributed by atoms with Gasteiger partial charge in [0.05, 0.1) is 10.9 Å². The highest BCUT2D eigenvalue weighted by atomic mass is 32.1. The van der Waals surface area contributed by atoms with Crippen molar-refractivity contribution in [3.8, 4) is 0 Å². The molecule has 0 fully saturated rings. The van der Waals surface area contributed by atoms with Crippen LogP contribution in [0.15, 0.2) is 53.3 Å². The third-order valence-corrected chi connectivity index (χ3v) is 3.46. The van der Waals surface area contributed by atoms with Gasteiger partial charge in [-0.15, -0.1) is 0 Å². The van der Waals surface area contributed by atoms with E-state index in [9.17, 15) is 4.79 Å². The Hall–Kier alpha value is -1.94. The van der Waals surface area contributed by atoms with E-state index in [4.69, 9.17) is 18.0 Å². The van der Waals surface area contributed by atoms with Crippen LogP contribution in [0.5, 0.6) is 0 Å². The summed E-state index contributed by atoms with van der Waals surface area (Å²) in [5, 5.41) is 0. The molecule has 0 aliphatic heterocycles. The number of thiocarbonyl (C=S) groups is 1. The molecule has 19 heavy (non-hydrogen) atoms. The van der Waals surface area contributed by atoms with E-state index >= 15 is 0 Å². The van der Waals surface area contributed by atoms with Crippen molar-refractivity contribution in [3.63, 3.8) is 0 Å². The van der Waals surface area contributed by atoms with Crippen molar-refractivity contribution in [2.24, 2.45) is 5.73 Å². The number of nitrogens with two attached hydrogens (primary N) is 1. The molecule has 0 spiro atoms. The quantitative estimate of drug-likeness (QED) is 0.868. The van der Waals surface area contributed by atoms with Crippen LogP contribution in [0.1, 0.15) is 17.2 Å². The molecule has 1 unspecified atom stereocenters. The molecular weight excluding hydrogens is 256 g/mol.